The fraction of sp³-hybridized carbons (Fsp3) is 1.00. The smallest absolute Gasteiger partial charge is 0.0204 e. The van der Waals surface area contributed by atoms with E-state index in [-0.39, 0.29) is 0 Å². The van der Waals surface area contributed by atoms with Gasteiger partial charge in [-0.3, -0.25) is 4.90 Å². The maximum Gasteiger partial charge on any atom is 0.0204 e. The topological polar surface area (TPSA) is 15.3 Å². The highest BCUT2D eigenvalue weighted by Crippen LogP contribution is 2.16. The second kappa shape index (κ2) is 7.24. The van der Waals surface area contributed by atoms with Crippen LogP contribution in [0.3, 0.4) is 0 Å². The summed E-state index contributed by atoms with van der Waals surface area (Å²) in [5.74, 6) is 0. The predicted molar refractivity (Wildman–Crippen MR) is 67.3 cm³/mol. The van der Waals surface area contributed by atoms with Crippen LogP contribution in [0.1, 0.15) is 52.4 Å². The number of hydrogen-bond donors (Lipinski definition) is 1. The van der Waals surface area contributed by atoms with E-state index in [0.29, 0.717) is 0 Å². The summed E-state index contributed by atoms with van der Waals surface area (Å²) in [6.45, 7) is 7.22. The Morgan fingerprint density at radius 2 is 2.13 bits per heavy atom. The molecule has 0 saturated carbocycles. The van der Waals surface area contributed by atoms with Crippen molar-refractivity contribution in [3.63, 3.8) is 0 Å². The number of nitrogens with zero attached hydrogens (tertiary/aromatic N) is 1. The van der Waals surface area contributed by atoms with Crippen LogP contribution < -0.4 is 5.32 Å². The minimum absolute atomic E-state index is 0.739. The summed E-state index contributed by atoms with van der Waals surface area (Å²) >= 11 is 0. The molecule has 15 heavy (non-hydrogen) atoms. The monoisotopic (exact) mass is 212 g/mol. The fourth-order valence-electron chi connectivity index (χ4n) is 2.47. The van der Waals surface area contributed by atoms with E-state index < -0.39 is 0 Å². The summed E-state index contributed by atoms with van der Waals surface area (Å²) in [5, 5.41) is 3.38. The number of likely N-dealkylation sites (N-methyl/N-ethyl adjacent to an activating group) is 1. The lowest BCUT2D eigenvalue weighted by Gasteiger charge is -2.24. The third-order valence-corrected chi connectivity index (χ3v) is 3.73. The lowest BCUT2D eigenvalue weighted by molar-refractivity contribution is 0.237. The van der Waals surface area contributed by atoms with Crippen LogP contribution in [-0.2, 0) is 0 Å². The van der Waals surface area contributed by atoms with Crippen LogP contribution in [-0.4, -0.2) is 37.1 Å². The molecule has 1 aliphatic rings. The molecule has 2 nitrogen and oxygen atoms in total. The van der Waals surface area contributed by atoms with Gasteiger partial charge in [-0.15, -0.1) is 0 Å². The second-order valence-electron chi connectivity index (χ2n) is 4.97. The van der Waals surface area contributed by atoms with Crippen molar-refractivity contribution in [2.24, 2.45) is 0 Å². The molecule has 0 aromatic heterocycles. The normalized spacial score (nSPS) is 24.6. The van der Waals surface area contributed by atoms with E-state index in [1.165, 1.54) is 51.6 Å². The molecule has 2 heteroatoms. The van der Waals surface area contributed by atoms with Crippen LogP contribution in [0.15, 0.2) is 0 Å². The predicted octanol–water partition coefficient (Wildman–Crippen LogP) is 2.64. The SMILES string of the molecule is CCCCCCC(C)N1CCC(NC)C1. The van der Waals surface area contributed by atoms with E-state index in [1.807, 2.05) is 0 Å². The van der Waals surface area contributed by atoms with Crippen molar-refractivity contribution in [3.05, 3.63) is 0 Å². The molecular formula is C13H28N2. The lowest BCUT2D eigenvalue weighted by Crippen LogP contribution is -2.34. The zero-order chi connectivity index (χ0) is 11.1. The maximum absolute atomic E-state index is 3.38. The van der Waals surface area contributed by atoms with Gasteiger partial charge < -0.3 is 5.32 Å². The Kier molecular flexibility index (Phi) is 6.26. The largest absolute Gasteiger partial charge is 0.316 e. The van der Waals surface area contributed by atoms with Gasteiger partial charge in [0, 0.05) is 25.2 Å². The average Bonchev–Trinajstić information content (AvgIpc) is 2.72. The molecule has 1 heterocycles. The molecule has 0 aliphatic carbocycles. The number of likely N-dealkylation sites (tertiary alicyclic amines) is 1. The van der Waals surface area contributed by atoms with Gasteiger partial charge in [-0.1, -0.05) is 32.6 Å². The Morgan fingerprint density at radius 3 is 2.73 bits per heavy atom. The standard InChI is InChI=1S/C13H28N2/c1-4-5-6-7-8-12(2)15-10-9-13(11-15)14-3/h12-14H,4-11H2,1-3H3. The molecule has 0 spiro atoms. The summed E-state index contributed by atoms with van der Waals surface area (Å²) in [6, 6.07) is 1.53. The molecule has 2 unspecified atom stereocenters. The van der Waals surface area contributed by atoms with Gasteiger partial charge in [-0.05, 0) is 26.8 Å². The van der Waals surface area contributed by atoms with Gasteiger partial charge in [0.1, 0.15) is 0 Å². The van der Waals surface area contributed by atoms with Crippen molar-refractivity contribution in [2.75, 3.05) is 20.1 Å². The Morgan fingerprint density at radius 1 is 1.33 bits per heavy atom. The van der Waals surface area contributed by atoms with Crippen molar-refractivity contribution in [2.45, 2.75) is 64.5 Å². The highest BCUT2D eigenvalue weighted by Gasteiger charge is 2.24. The first-order chi connectivity index (χ1) is 7.27. The van der Waals surface area contributed by atoms with Crippen molar-refractivity contribution >= 4 is 0 Å². The van der Waals surface area contributed by atoms with Crippen molar-refractivity contribution in [1.29, 1.82) is 0 Å². The molecular weight excluding hydrogens is 184 g/mol. The van der Waals surface area contributed by atoms with Gasteiger partial charge in [0.2, 0.25) is 0 Å². The summed E-state index contributed by atoms with van der Waals surface area (Å²) in [6.07, 6.45) is 8.30. The van der Waals surface area contributed by atoms with E-state index in [4.69, 9.17) is 0 Å². The lowest BCUT2D eigenvalue weighted by atomic mass is 10.1. The molecule has 90 valence electrons. The molecule has 1 N–H and O–H groups in total. The van der Waals surface area contributed by atoms with E-state index in [1.54, 1.807) is 0 Å². The van der Waals surface area contributed by atoms with Crippen molar-refractivity contribution in [3.8, 4) is 0 Å². The van der Waals surface area contributed by atoms with Crippen LogP contribution in [0.5, 0.6) is 0 Å². The Balaban J connectivity index is 2.09. The maximum atomic E-state index is 3.38. The van der Waals surface area contributed by atoms with Crippen LogP contribution in [0.2, 0.25) is 0 Å². The number of hydrogen-bond acceptors (Lipinski definition) is 2. The highest BCUT2D eigenvalue weighted by molar-refractivity contribution is 4.82. The van der Waals surface area contributed by atoms with E-state index in [9.17, 15) is 0 Å². The summed E-state index contributed by atoms with van der Waals surface area (Å²) in [4.78, 5) is 2.65. The summed E-state index contributed by atoms with van der Waals surface area (Å²) < 4.78 is 0. The van der Waals surface area contributed by atoms with Gasteiger partial charge in [0.15, 0.2) is 0 Å². The Hall–Kier alpha value is -0.0800. The first-order valence-electron chi connectivity index (χ1n) is 6.69. The van der Waals surface area contributed by atoms with Gasteiger partial charge in [0.05, 0.1) is 0 Å². The van der Waals surface area contributed by atoms with Crippen LogP contribution in [0, 0.1) is 0 Å². The van der Waals surface area contributed by atoms with Gasteiger partial charge in [0.25, 0.3) is 0 Å². The molecule has 0 radical (unpaired) electrons. The van der Waals surface area contributed by atoms with Crippen LogP contribution in [0.25, 0.3) is 0 Å². The molecule has 1 saturated heterocycles. The summed E-state index contributed by atoms with van der Waals surface area (Å²) in [7, 11) is 2.08. The van der Waals surface area contributed by atoms with E-state index in [0.717, 1.165) is 12.1 Å². The van der Waals surface area contributed by atoms with E-state index in [2.05, 4.69) is 31.1 Å². The Bertz CT molecular complexity index is 159. The Labute approximate surface area is 95.4 Å². The number of nitrogens with one attached hydrogen (secondary N) is 1. The summed E-state index contributed by atoms with van der Waals surface area (Å²) in [5.41, 5.74) is 0. The van der Waals surface area contributed by atoms with Crippen LogP contribution in [0.4, 0.5) is 0 Å². The van der Waals surface area contributed by atoms with Gasteiger partial charge >= 0.3 is 0 Å². The first-order valence-corrected chi connectivity index (χ1v) is 6.69. The molecule has 1 fully saturated rings. The molecule has 0 amide bonds. The van der Waals surface area contributed by atoms with Crippen molar-refractivity contribution in [1.82, 2.24) is 10.2 Å². The molecule has 1 rings (SSSR count). The minimum Gasteiger partial charge on any atom is -0.316 e. The molecule has 0 bridgehead atoms. The zero-order valence-electron chi connectivity index (χ0n) is 10.8. The fourth-order valence-corrected chi connectivity index (χ4v) is 2.47. The van der Waals surface area contributed by atoms with E-state index >= 15 is 0 Å². The van der Waals surface area contributed by atoms with Crippen LogP contribution >= 0.6 is 0 Å². The number of rotatable bonds is 7. The third kappa shape index (κ3) is 4.52. The minimum atomic E-state index is 0.739. The third-order valence-electron chi connectivity index (χ3n) is 3.73. The molecule has 0 aromatic rings. The zero-order valence-corrected chi connectivity index (χ0v) is 10.8. The van der Waals surface area contributed by atoms with Gasteiger partial charge in [-0.2, -0.15) is 0 Å². The van der Waals surface area contributed by atoms with Crippen molar-refractivity contribution < 1.29 is 0 Å². The molecule has 2 atom stereocenters. The molecule has 1 aliphatic heterocycles. The number of unbranched alkanes of at least 4 members (excludes halogenated alkanes) is 3. The first kappa shape index (κ1) is 13.0. The molecule has 0 aromatic carbocycles. The quantitative estimate of drug-likeness (QED) is 0.653. The average molecular weight is 212 g/mol. The second-order valence-corrected chi connectivity index (χ2v) is 4.97. The van der Waals surface area contributed by atoms with Gasteiger partial charge in [-0.25, -0.2) is 0 Å². The highest BCUT2D eigenvalue weighted by atomic mass is 15.2.